The molecule has 0 aliphatic heterocycles. The van der Waals surface area contributed by atoms with Gasteiger partial charge in [0.1, 0.15) is 44.9 Å². The molecule has 0 aliphatic rings. The van der Waals surface area contributed by atoms with Crippen LogP contribution in [0.15, 0.2) is 139 Å². The number of aromatic hydroxyl groups is 1. The zero-order chi connectivity index (χ0) is 47.6. The predicted octanol–water partition coefficient (Wildman–Crippen LogP) is 10.7. The Morgan fingerprint density at radius 3 is 1.59 bits per heavy atom. The van der Waals surface area contributed by atoms with Gasteiger partial charge in [-0.3, -0.25) is 13.7 Å². The summed E-state index contributed by atoms with van der Waals surface area (Å²) in [5, 5.41) is 41.4. The van der Waals surface area contributed by atoms with Crippen LogP contribution in [0.2, 0.25) is 0 Å². The van der Waals surface area contributed by atoms with Gasteiger partial charge < -0.3 is 24.6 Å². The van der Waals surface area contributed by atoms with E-state index in [4.69, 9.17) is 14.2 Å². The second kappa shape index (κ2) is 21.0. The van der Waals surface area contributed by atoms with Crippen LogP contribution in [0.25, 0.3) is 10.8 Å². The van der Waals surface area contributed by atoms with Gasteiger partial charge >= 0.3 is 0 Å². The van der Waals surface area contributed by atoms with Crippen molar-refractivity contribution in [3.05, 3.63) is 114 Å². The lowest BCUT2D eigenvalue weighted by Gasteiger charge is -2.12. The molecule has 5 N–H and O–H groups in total. The normalized spacial score (nSPS) is 12.4. The van der Waals surface area contributed by atoms with Gasteiger partial charge in [0.05, 0.1) is 43.2 Å². The van der Waals surface area contributed by atoms with Crippen LogP contribution in [0, 0.1) is 13.8 Å². The fraction of sp³-hybridized carbons (Fsp3) is 0.209. The maximum absolute atomic E-state index is 12.1. The first-order chi connectivity index (χ1) is 31.3. The first kappa shape index (κ1) is 48.6. The van der Waals surface area contributed by atoms with E-state index in [0.29, 0.717) is 16.5 Å². The third kappa shape index (κ3) is 13.6. The number of azo groups is 3. The summed E-state index contributed by atoms with van der Waals surface area (Å²) in [6.45, 7) is 2.98. The summed E-state index contributed by atoms with van der Waals surface area (Å²) in [5.41, 5.74) is 3.37. The van der Waals surface area contributed by atoms with E-state index >= 15 is 0 Å². The summed E-state index contributed by atoms with van der Waals surface area (Å²) in [5.74, 6) is -1.00. The number of phenols is 1. The van der Waals surface area contributed by atoms with Crippen molar-refractivity contribution in [3.8, 4) is 23.0 Å². The lowest BCUT2D eigenvalue weighted by molar-refractivity contribution is 0.317. The Morgan fingerprint density at radius 2 is 1.06 bits per heavy atom. The van der Waals surface area contributed by atoms with Crippen LogP contribution in [-0.4, -0.2) is 75.8 Å². The molecule has 346 valence electrons. The van der Waals surface area contributed by atoms with Crippen molar-refractivity contribution < 1.29 is 58.2 Å². The van der Waals surface area contributed by atoms with Gasteiger partial charge in [-0.2, -0.15) is 35.5 Å². The van der Waals surface area contributed by atoms with E-state index in [-0.39, 0.29) is 83.2 Å². The number of rotatable bonds is 20. The predicted molar refractivity (Wildman–Crippen MR) is 246 cm³/mol. The van der Waals surface area contributed by atoms with E-state index in [1.165, 1.54) is 37.4 Å². The van der Waals surface area contributed by atoms with Crippen LogP contribution < -0.4 is 19.5 Å². The van der Waals surface area contributed by atoms with Crippen LogP contribution in [0.1, 0.15) is 24.0 Å². The van der Waals surface area contributed by atoms with E-state index < -0.39 is 46.8 Å². The van der Waals surface area contributed by atoms with Crippen molar-refractivity contribution in [3.63, 3.8) is 0 Å². The largest absolute Gasteiger partial charge is 0.505 e. The molecule has 0 heterocycles. The number of benzene rings is 6. The third-order valence-corrected chi connectivity index (χ3v) is 11.9. The summed E-state index contributed by atoms with van der Waals surface area (Å²) >= 11 is 0. The molecular formula is C43H43N7O13S3. The molecule has 66 heavy (non-hydrogen) atoms. The number of nitrogens with zero attached hydrogens (tertiary/aromatic N) is 6. The highest BCUT2D eigenvalue weighted by Crippen LogP contribution is 2.42. The van der Waals surface area contributed by atoms with Gasteiger partial charge in [-0.05, 0) is 104 Å². The fourth-order valence-corrected chi connectivity index (χ4v) is 7.76. The number of fused-ring (bicyclic) bond motifs is 1. The lowest BCUT2D eigenvalue weighted by atomic mass is 10.1. The molecule has 20 nitrogen and oxygen atoms in total. The number of anilines is 2. The Balaban J connectivity index is 1.32. The molecule has 0 spiro atoms. The van der Waals surface area contributed by atoms with E-state index in [0.717, 1.165) is 22.8 Å². The quantitative estimate of drug-likeness (QED) is 0.0270. The smallest absolute Gasteiger partial charge is 0.296 e. The van der Waals surface area contributed by atoms with E-state index in [1.54, 1.807) is 38.1 Å². The average molecular weight is 962 g/mol. The highest BCUT2D eigenvalue weighted by Gasteiger charge is 2.18. The maximum Gasteiger partial charge on any atom is 0.296 e. The minimum atomic E-state index is -4.73. The first-order valence-electron chi connectivity index (χ1n) is 19.7. The number of nitrogens with one attached hydrogen (secondary N) is 1. The van der Waals surface area contributed by atoms with Crippen molar-refractivity contribution in [1.29, 1.82) is 0 Å². The van der Waals surface area contributed by atoms with E-state index in [1.807, 2.05) is 42.5 Å². The summed E-state index contributed by atoms with van der Waals surface area (Å²) in [6, 6.07) is 28.2. The van der Waals surface area contributed by atoms with Crippen LogP contribution in [0.4, 0.5) is 45.5 Å². The second-order valence-corrected chi connectivity index (χ2v) is 19.0. The van der Waals surface area contributed by atoms with Gasteiger partial charge in [0.15, 0.2) is 5.75 Å². The van der Waals surface area contributed by atoms with Gasteiger partial charge in [0.2, 0.25) is 0 Å². The van der Waals surface area contributed by atoms with Gasteiger partial charge in [0.25, 0.3) is 30.4 Å². The van der Waals surface area contributed by atoms with Gasteiger partial charge in [0, 0.05) is 35.0 Å². The molecule has 6 aromatic rings. The lowest BCUT2D eigenvalue weighted by Crippen LogP contribution is -2.08. The molecular weight excluding hydrogens is 919 g/mol. The molecule has 0 saturated heterocycles. The molecule has 0 radical (unpaired) electrons. The van der Waals surface area contributed by atoms with Crippen molar-refractivity contribution >= 4 is 86.6 Å². The molecule has 0 unspecified atom stereocenters. The highest BCUT2D eigenvalue weighted by atomic mass is 32.2. The van der Waals surface area contributed by atoms with E-state index in [9.17, 15) is 44.0 Å². The van der Waals surface area contributed by atoms with Gasteiger partial charge in [-0.15, -0.1) is 20.5 Å². The second-order valence-electron chi connectivity index (χ2n) is 14.5. The monoisotopic (exact) mass is 961 g/mol. The molecule has 23 heteroatoms. The zero-order valence-electron chi connectivity index (χ0n) is 35.4. The van der Waals surface area contributed by atoms with Gasteiger partial charge in [-0.1, -0.05) is 24.3 Å². The molecule has 0 bridgehead atoms. The number of phenolic OH excluding ortho intramolecular Hbond substituents is 1. The maximum atomic E-state index is 12.1. The number of hydrogen-bond donors (Lipinski definition) is 5. The van der Waals surface area contributed by atoms with Crippen molar-refractivity contribution in [2.24, 2.45) is 30.7 Å². The number of ether oxygens (including phenoxy) is 3. The first-order valence-corrected chi connectivity index (χ1v) is 24.4. The zero-order valence-corrected chi connectivity index (χ0v) is 37.9. The Bertz CT molecular complexity index is 3190. The van der Waals surface area contributed by atoms with Crippen LogP contribution in [0.3, 0.4) is 0 Å². The van der Waals surface area contributed by atoms with Crippen LogP contribution in [0.5, 0.6) is 23.0 Å². The minimum absolute atomic E-state index is 0.0435. The SMILES string of the molecule is COc1ccc(N=Nc2cc(OCCCS(=O)(=O)O)c(N=Nc3cc(OCCCS(=O)(=O)O)c(N=Nc4ccc5cc(Nc6ccccc6)ccc5c4O)cc3C)cc2C)c(S(=O)(=O)O)c1. The van der Waals surface area contributed by atoms with Crippen molar-refractivity contribution in [1.82, 2.24) is 0 Å². The van der Waals surface area contributed by atoms with Crippen molar-refractivity contribution in [2.75, 3.05) is 37.1 Å². The molecule has 6 rings (SSSR count). The Labute approximate surface area is 380 Å². The minimum Gasteiger partial charge on any atom is -0.505 e. The van der Waals surface area contributed by atoms with E-state index in [2.05, 4.69) is 36.0 Å². The summed E-state index contributed by atoms with van der Waals surface area (Å²) in [6.07, 6.45) is -0.190. The molecule has 0 aliphatic carbocycles. The molecule has 0 fully saturated rings. The average Bonchev–Trinajstić information content (AvgIpc) is 3.25. The summed E-state index contributed by atoms with van der Waals surface area (Å²) < 4.78 is 115. The molecule has 0 atom stereocenters. The number of aryl methyl sites for hydroxylation is 2. The highest BCUT2D eigenvalue weighted by molar-refractivity contribution is 7.86. The fourth-order valence-electron chi connectivity index (χ4n) is 6.16. The van der Waals surface area contributed by atoms with Crippen molar-refractivity contribution in [2.45, 2.75) is 31.6 Å². The third-order valence-electron chi connectivity index (χ3n) is 9.44. The molecule has 0 aromatic heterocycles. The number of hydrogen-bond acceptors (Lipinski definition) is 17. The number of methoxy groups -OCH3 is 1. The molecule has 6 aromatic carbocycles. The summed E-state index contributed by atoms with van der Waals surface area (Å²) in [7, 11) is -12.0. The topological polar surface area (TPSA) is 297 Å². The number of para-hydroxylation sites is 1. The Hall–Kier alpha value is -6.89. The van der Waals surface area contributed by atoms with Crippen LogP contribution >= 0.6 is 0 Å². The summed E-state index contributed by atoms with van der Waals surface area (Å²) in [4.78, 5) is -0.557. The van der Waals surface area contributed by atoms with Crippen LogP contribution in [-0.2, 0) is 30.4 Å². The molecule has 0 saturated carbocycles. The Kier molecular flexibility index (Phi) is 15.4. The van der Waals surface area contributed by atoms with Gasteiger partial charge in [-0.25, -0.2) is 0 Å². The standard InChI is InChI=1S/C43H43N7O13S3/c1-27-22-39(41(63-18-8-20-65(55,56)57)25-36(27)47-45-34-16-13-32(61-3)24-42(34)66(58,59)60)50-48-37-26-40(62-17-7-19-64(52,53)54)38(21-28(37)2)49-46-35-15-11-29-23-31(12-14-33(29)43(35)51)44-30-9-5-4-6-10-30/h4-6,9-16,21-26,44,51H,7-8,17-20H2,1-3H3,(H,52,53,54)(H,55,56,57)(H,58,59,60). The Morgan fingerprint density at radius 1 is 0.545 bits per heavy atom. The molecule has 0 amide bonds.